The third-order valence-electron chi connectivity index (χ3n) is 9.84. The highest BCUT2D eigenvalue weighted by molar-refractivity contribution is 7.47. The molecule has 2 atom stereocenters. The van der Waals surface area contributed by atoms with Crippen LogP contribution < -0.4 is 5.73 Å². The van der Waals surface area contributed by atoms with Crippen molar-refractivity contribution in [3.05, 3.63) is 122 Å². The van der Waals surface area contributed by atoms with E-state index in [4.69, 9.17) is 24.3 Å². The highest BCUT2D eigenvalue weighted by Crippen LogP contribution is 2.43. The molecule has 0 rings (SSSR count). The van der Waals surface area contributed by atoms with E-state index in [9.17, 15) is 19.0 Å². The average molecular weight is 924 g/mol. The predicted molar refractivity (Wildman–Crippen MR) is 274 cm³/mol. The molecule has 0 fully saturated rings. The summed E-state index contributed by atoms with van der Waals surface area (Å²) < 4.78 is 32.9. The first-order valence-corrected chi connectivity index (χ1v) is 26.5. The van der Waals surface area contributed by atoms with Crippen LogP contribution in [0.5, 0.6) is 0 Å². The minimum atomic E-state index is -4.40. The van der Waals surface area contributed by atoms with Gasteiger partial charge in [0.05, 0.1) is 13.2 Å². The van der Waals surface area contributed by atoms with Crippen LogP contribution in [0, 0.1) is 0 Å². The maximum Gasteiger partial charge on any atom is 0.472 e. The Morgan fingerprint density at radius 2 is 0.800 bits per heavy atom. The number of phosphoric acid groups is 1. The molecule has 0 saturated heterocycles. The number of nitrogens with two attached hydrogens (primary N) is 1. The SMILES string of the molecule is CC/C=C\C/C=C\C/C=C\C/C=C\C/C=C\CCCCCCCCCC(=O)OC(COC(=O)CCCCCCC/C=C\C/C=C\C/C=C\C/C=C\C/C=C\CC)COP(=O)(O)OCCN. The fourth-order valence-electron chi connectivity index (χ4n) is 6.22. The molecule has 0 aromatic rings. The third-order valence-corrected chi connectivity index (χ3v) is 10.8. The van der Waals surface area contributed by atoms with Gasteiger partial charge in [0.1, 0.15) is 6.61 Å². The number of ether oxygens (including phenoxy) is 2. The van der Waals surface area contributed by atoms with Gasteiger partial charge >= 0.3 is 19.8 Å². The second-order valence-corrected chi connectivity index (χ2v) is 17.4. The molecule has 3 N–H and O–H groups in total. The summed E-state index contributed by atoms with van der Waals surface area (Å²) in [5.74, 6) is -0.874. The fraction of sp³-hybridized carbons (Fsp3) is 0.600. The Balaban J connectivity index is 4.17. The molecule has 0 amide bonds. The first-order valence-electron chi connectivity index (χ1n) is 25.0. The topological polar surface area (TPSA) is 134 Å². The van der Waals surface area contributed by atoms with E-state index in [1.807, 2.05) is 0 Å². The highest BCUT2D eigenvalue weighted by atomic mass is 31.2. The number of allylic oxidation sites excluding steroid dienone is 20. The van der Waals surface area contributed by atoms with E-state index in [0.717, 1.165) is 122 Å². The van der Waals surface area contributed by atoms with Gasteiger partial charge in [-0.2, -0.15) is 0 Å². The van der Waals surface area contributed by atoms with E-state index in [1.165, 1.54) is 19.3 Å². The van der Waals surface area contributed by atoms with Crippen molar-refractivity contribution in [1.29, 1.82) is 0 Å². The second kappa shape index (κ2) is 49.8. The Morgan fingerprint density at radius 1 is 0.462 bits per heavy atom. The predicted octanol–water partition coefficient (Wildman–Crippen LogP) is 15.3. The first-order chi connectivity index (χ1) is 31.8. The summed E-state index contributed by atoms with van der Waals surface area (Å²) in [6.45, 7) is 3.45. The summed E-state index contributed by atoms with van der Waals surface area (Å²) in [5, 5.41) is 0. The van der Waals surface area contributed by atoms with Crippen LogP contribution in [-0.2, 0) is 32.7 Å². The lowest BCUT2D eigenvalue weighted by Crippen LogP contribution is -2.29. The van der Waals surface area contributed by atoms with Gasteiger partial charge in [-0.05, 0) is 103 Å². The quantitative estimate of drug-likeness (QED) is 0.0265. The summed E-state index contributed by atoms with van der Waals surface area (Å²) in [7, 11) is -4.40. The van der Waals surface area contributed by atoms with Crippen LogP contribution in [0.2, 0.25) is 0 Å². The van der Waals surface area contributed by atoms with Gasteiger partial charge in [-0.3, -0.25) is 18.6 Å². The van der Waals surface area contributed by atoms with Crippen molar-refractivity contribution in [3.63, 3.8) is 0 Å². The molecule has 0 aromatic heterocycles. The van der Waals surface area contributed by atoms with Gasteiger partial charge in [-0.15, -0.1) is 0 Å². The van der Waals surface area contributed by atoms with Gasteiger partial charge in [0.15, 0.2) is 6.10 Å². The normalized spacial score (nSPS) is 14.2. The number of hydrogen-bond donors (Lipinski definition) is 2. The van der Waals surface area contributed by atoms with E-state index in [2.05, 4.69) is 135 Å². The first kappa shape index (κ1) is 61.4. The van der Waals surface area contributed by atoms with Crippen LogP contribution in [0.25, 0.3) is 0 Å². The summed E-state index contributed by atoms with van der Waals surface area (Å²) in [5.41, 5.74) is 5.36. The van der Waals surface area contributed by atoms with Crippen molar-refractivity contribution in [1.82, 2.24) is 0 Å². The van der Waals surface area contributed by atoms with E-state index in [-0.39, 0.29) is 32.6 Å². The van der Waals surface area contributed by atoms with Gasteiger partial charge in [-0.25, -0.2) is 4.57 Å². The Bertz CT molecular complexity index is 1470. The Morgan fingerprint density at radius 3 is 1.18 bits per heavy atom. The fourth-order valence-corrected chi connectivity index (χ4v) is 6.98. The molecule has 10 heteroatoms. The van der Waals surface area contributed by atoms with E-state index >= 15 is 0 Å². The standard InChI is InChI=1S/C55H90NO8P/c1-3-5-7-9-11-13-15-17-19-21-23-25-26-28-30-32-34-36-38-40-42-44-46-48-55(58)64-53(52-63-65(59,60)62-50-49-56)51-61-54(57)47-45-43-41-39-37-35-33-31-29-27-24-22-20-18-16-14-12-10-8-6-4-2/h5-8,11-14,17-20,23-25,27-28,30-31,33,53H,3-4,9-10,15-16,21-22,26,29,32,34-52,56H2,1-2H3,(H,59,60)/b7-5-,8-6-,13-11-,14-12-,19-17-,20-18-,25-23-,27-24-,30-28-,33-31-. The van der Waals surface area contributed by atoms with Crippen LogP contribution in [0.1, 0.15) is 181 Å². The van der Waals surface area contributed by atoms with Gasteiger partial charge in [0, 0.05) is 19.4 Å². The molecular weight excluding hydrogens is 834 g/mol. The lowest BCUT2D eigenvalue weighted by Gasteiger charge is -2.19. The molecule has 9 nitrogen and oxygen atoms in total. The molecule has 0 aromatic carbocycles. The van der Waals surface area contributed by atoms with Crippen LogP contribution in [0.3, 0.4) is 0 Å². The van der Waals surface area contributed by atoms with Crippen LogP contribution in [-0.4, -0.2) is 49.3 Å². The van der Waals surface area contributed by atoms with Crippen molar-refractivity contribution in [3.8, 4) is 0 Å². The monoisotopic (exact) mass is 924 g/mol. The van der Waals surface area contributed by atoms with Crippen LogP contribution in [0.15, 0.2) is 122 Å². The van der Waals surface area contributed by atoms with E-state index in [1.54, 1.807) is 0 Å². The minimum absolute atomic E-state index is 0.0410. The van der Waals surface area contributed by atoms with Crippen LogP contribution >= 0.6 is 7.82 Å². The molecule has 0 aliphatic heterocycles. The van der Waals surface area contributed by atoms with Gasteiger partial charge in [0.25, 0.3) is 0 Å². The number of hydrogen-bond acceptors (Lipinski definition) is 8. The zero-order chi connectivity index (χ0) is 47.4. The number of carbonyl (C=O) groups excluding carboxylic acids is 2. The Labute approximate surface area is 396 Å². The number of rotatable bonds is 45. The number of unbranched alkanes of at least 4 members (excludes halogenated alkanes) is 12. The molecule has 2 unspecified atom stereocenters. The number of phosphoric ester groups is 1. The molecule has 368 valence electrons. The molecule has 0 radical (unpaired) electrons. The molecule has 0 aliphatic rings. The van der Waals surface area contributed by atoms with Gasteiger partial charge in [0.2, 0.25) is 0 Å². The lowest BCUT2D eigenvalue weighted by molar-refractivity contribution is -0.161. The Hall–Kier alpha value is -3.59. The van der Waals surface area contributed by atoms with E-state index in [0.29, 0.717) is 12.8 Å². The van der Waals surface area contributed by atoms with Gasteiger partial charge in [-0.1, -0.05) is 187 Å². The smallest absolute Gasteiger partial charge is 0.462 e. The largest absolute Gasteiger partial charge is 0.472 e. The molecule has 0 bridgehead atoms. The van der Waals surface area contributed by atoms with Crippen molar-refractivity contribution in [2.45, 2.75) is 187 Å². The minimum Gasteiger partial charge on any atom is -0.462 e. The van der Waals surface area contributed by atoms with Crippen molar-refractivity contribution in [2.75, 3.05) is 26.4 Å². The van der Waals surface area contributed by atoms with Gasteiger partial charge < -0.3 is 20.1 Å². The number of esters is 2. The summed E-state index contributed by atoms with van der Waals surface area (Å²) >= 11 is 0. The number of carbonyl (C=O) groups is 2. The molecule has 0 spiro atoms. The van der Waals surface area contributed by atoms with Crippen LogP contribution in [0.4, 0.5) is 0 Å². The van der Waals surface area contributed by atoms with Crippen molar-refractivity contribution in [2.24, 2.45) is 5.73 Å². The summed E-state index contributed by atoms with van der Waals surface area (Å²) in [4.78, 5) is 35.1. The van der Waals surface area contributed by atoms with Crippen molar-refractivity contribution < 1.29 is 37.6 Å². The molecule has 0 saturated carbocycles. The zero-order valence-corrected chi connectivity index (χ0v) is 41.6. The third kappa shape index (κ3) is 49.7. The second-order valence-electron chi connectivity index (χ2n) is 15.9. The molecular formula is C55H90NO8P. The summed E-state index contributed by atoms with van der Waals surface area (Å²) in [6, 6.07) is 0. The zero-order valence-electron chi connectivity index (χ0n) is 40.7. The highest BCUT2D eigenvalue weighted by Gasteiger charge is 2.26. The summed E-state index contributed by atoms with van der Waals surface area (Å²) in [6.07, 6.45) is 68.0. The maximum atomic E-state index is 12.7. The molecule has 65 heavy (non-hydrogen) atoms. The Kier molecular flexibility index (Phi) is 47.1. The molecule has 0 aliphatic carbocycles. The average Bonchev–Trinajstić information content (AvgIpc) is 3.30. The van der Waals surface area contributed by atoms with Crippen molar-refractivity contribution >= 4 is 19.8 Å². The van der Waals surface area contributed by atoms with E-state index < -0.39 is 32.5 Å². The molecule has 0 heterocycles. The lowest BCUT2D eigenvalue weighted by atomic mass is 10.1. The maximum absolute atomic E-state index is 12.7.